The average Bonchev–Trinajstić information content (AvgIpc) is 3.25. The highest BCUT2D eigenvalue weighted by Gasteiger charge is 2.27. The highest BCUT2D eigenvalue weighted by atomic mass is 16.6. The molecule has 1 aromatic heterocycles. The van der Waals surface area contributed by atoms with E-state index in [9.17, 15) is 14.9 Å². The molecule has 0 N–H and O–H groups in total. The number of hydrogen-bond acceptors (Lipinski definition) is 8. The van der Waals surface area contributed by atoms with Crippen molar-refractivity contribution in [1.29, 1.82) is 0 Å². The van der Waals surface area contributed by atoms with Crippen LogP contribution in [0.25, 0.3) is 5.69 Å². The predicted octanol–water partition coefficient (Wildman–Crippen LogP) is 2.46. The number of nitrogens with zero attached hydrogens (tertiary/aromatic N) is 6. The molecule has 4 rings (SSSR count). The smallest absolute Gasteiger partial charge is 0.276 e. The molecule has 178 valence electrons. The lowest BCUT2D eigenvalue weighted by molar-refractivity contribution is -0.384. The van der Waals surface area contributed by atoms with Crippen LogP contribution >= 0.6 is 0 Å². The van der Waals surface area contributed by atoms with Gasteiger partial charge in [-0.1, -0.05) is 17.3 Å². The fourth-order valence-electron chi connectivity index (χ4n) is 4.01. The molecule has 2 aromatic carbocycles. The number of benzene rings is 2. The summed E-state index contributed by atoms with van der Waals surface area (Å²) in [5, 5.41) is 19.2. The molecule has 11 nitrogen and oxygen atoms in total. The second-order valence-corrected chi connectivity index (χ2v) is 7.97. The number of piperazine rings is 1. The minimum atomic E-state index is -0.469. The summed E-state index contributed by atoms with van der Waals surface area (Å²) in [4.78, 5) is 27.8. The molecule has 0 spiro atoms. The first-order valence-electron chi connectivity index (χ1n) is 10.8. The van der Waals surface area contributed by atoms with Crippen LogP contribution in [0.1, 0.15) is 21.7 Å². The summed E-state index contributed by atoms with van der Waals surface area (Å²) in [6, 6.07) is 11.9. The predicted molar refractivity (Wildman–Crippen MR) is 123 cm³/mol. The number of nitro benzene ring substituents is 1. The third kappa shape index (κ3) is 4.69. The van der Waals surface area contributed by atoms with Crippen molar-refractivity contribution >= 4 is 11.6 Å². The SMILES string of the molecule is COc1ccc(CN2CCN(C(=O)c3nnn(-c4cccc([N+](=O)[O-])c4)c3C)CC2)cc1OC. The van der Waals surface area contributed by atoms with E-state index in [0.717, 1.165) is 25.2 Å². The normalized spacial score (nSPS) is 14.1. The first-order valence-corrected chi connectivity index (χ1v) is 10.8. The summed E-state index contributed by atoms with van der Waals surface area (Å²) >= 11 is 0. The summed E-state index contributed by atoms with van der Waals surface area (Å²) in [5.74, 6) is 1.19. The van der Waals surface area contributed by atoms with E-state index in [2.05, 4.69) is 15.2 Å². The van der Waals surface area contributed by atoms with E-state index in [1.165, 1.54) is 16.8 Å². The van der Waals surface area contributed by atoms with Gasteiger partial charge in [0.25, 0.3) is 11.6 Å². The number of amides is 1. The number of hydrogen-bond donors (Lipinski definition) is 0. The first-order chi connectivity index (χ1) is 16.4. The summed E-state index contributed by atoms with van der Waals surface area (Å²) in [6.45, 7) is 5.05. The molecule has 1 saturated heterocycles. The number of aromatic nitrogens is 3. The summed E-state index contributed by atoms with van der Waals surface area (Å²) < 4.78 is 12.1. The van der Waals surface area contributed by atoms with Gasteiger partial charge in [0.2, 0.25) is 0 Å². The number of carbonyl (C=O) groups excluding carboxylic acids is 1. The summed E-state index contributed by atoms with van der Waals surface area (Å²) in [7, 11) is 3.22. The van der Waals surface area contributed by atoms with Crippen LogP contribution in [0.3, 0.4) is 0 Å². The van der Waals surface area contributed by atoms with Gasteiger partial charge in [-0.05, 0) is 30.7 Å². The molecule has 0 atom stereocenters. The number of ether oxygens (including phenoxy) is 2. The lowest BCUT2D eigenvalue weighted by Crippen LogP contribution is -2.48. The van der Waals surface area contributed by atoms with Gasteiger partial charge in [0.15, 0.2) is 17.2 Å². The Morgan fingerprint density at radius 1 is 1.06 bits per heavy atom. The minimum Gasteiger partial charge on any atom is -0.493 e. The van der Waals surface area contributed by atoms with Crippen LogP contribution in [0.5, 0.6) is 11.5 Å². The largest absolute Gasteiger partial charge is 0.493 e. The van der Waals surface area contributed by atoms with Crippen LogP contribution < -0.4 is 9.47 Å². The molecule has 0 saturated carbocycles. The van der Waals surface area contributed by atoms with E-state index >= 15 is 0 Å². The van der Waals surface area contributed by atoms with E-state index in [1.54, 1.807) is 38.2 Å². The van der Waals surface area contributed by atoms with Crippen LogP contribution in [0.4, 0.5) is 5.69 Å². The molecular weight excluding hydrogens is 440 g/mol. The van der Waals surface area contributed by atoms with Crippen molar-refractivity contribution in [2.45, 2.75) is 13.5 Å². The van der Waals surface area contributed by atoms with Crippen molar-refractivity contribution in [1.82, 2.24) is 24.8 Å². The molecular formula is C23H26N6O5. The molecule has 11 heteroatoms. The Kier molecular flexibility index (Phi) is 6.73. The lowest BCUT2D eigenvalue weighted by Gasteiger charge is -2.34. The molecule has 1 amide bonds. The molecule has 3 aromatic rings. The Hall–Kier alpha value is -3.99. The van der Waals surface area contributed by atoms with Gasteiger partial charge < -0.3 is 14.4 Å². The van der Waals surface area contributed by atoms with Crippen molar-refractivity contribution in [2.75, 3.05) is 40.4 Å². The zero-order valence-electron chi connectivity index (χ0n) is 19.3. The second-order valence-electron chi connectivity index (χ2n) is 7.97. The number of rotatable bonds is 7. The number of methoxy groups -OCH3 is 2. The van der Waals surface area contributed by atoms with Gasteiger partial charge in [0.1, 0.15) is 0 Å². The standard InChI is InChI=1S/C23H26N6O5/c1-16-22(24-25-28(16)18-5-4-6-19(14-18)29(31)32)23(30)27-11-9-26(10-12-27)15-17-7-8-20(33-2)21(13-17)34-3/h4-8,13-14H,9-12,15H2,1-3H3. The summed E-state index contributed by atoms with van der Waals surface area (Å²) in [5.41, 5.74) is 2.33. The molecule has 0 radical (unpaired) electrons. The fourth-order valence-corrected chi connectivity index (χ4v) is 4.01. The van der Waals surface area contributed by atoms with Crippen LogP contribution in [0.2, 0.25) is 0 Å². The number of non-ortho nitro benzene ring substituents is 1. The van der Waals surface area contributed by atoms with Crippen LogP contribution in [-0.4, -0.2) is 76.0 Å². The summed E-state index contributed by atoms with van der Waals surface area (Å²) in [6.07, 6.45) is 0. The van der Waals surface area contributed by atoms with E-state index in [1.807, 2.05) is 18.2 Å². The maximum absolute atomic E-state index is 13.1. The fraction of sp³-hybridized carbons (Fsp3) is 0.348. The Balaban J connectivity index is 1.40. The Morgan fingerprint density at radius 3 is 2.47 bits per heavy atom. The zero-order valence-corrected chi connectivity index (χ0v) is 19.3. The zero-order chi connectivity index (χ0) is 24.2. The van der Waals surface area contributed by atoms with Gasteiger partial charge in [-0.15, -0.1) is 5.10 Å². The Labute approximate surface area is 196 Å². The lowest BCUT2D eigenvalue weighted by atomic mass is 10.1. The monoisotopic (exact) mass is 466 g/mol. The Bertz CT molecular complexity index is 1200. The number of carbonyl (C=O) groups is 1. The second kappa shape index (κ2) is 9.87. The molecule has 0 bridgehead atoms. The molecule has 1 fully saturated rings. The Morgan fingerprint density at radius 2 is 1.79 bits per heavy atom. The minimum absolute atomic E-state index is 0.0501. The van der Waals surface area contributed by atoms with Gasteiger partial charge in [-0.25, -0.2) is 4.68 Å². The van der Waals surface area contributed by atoms with Crippen LogP contribution in [0, 0.1) is 17.0 Å². The topological polar surface area (TPSA) is 116 Å². The van der Waals surface area contributed by atoms with Gasteiger partial charge in [0, 0.05) is 44.9 Å². The molecule has 2 heterocycles. The maximum Gasteiger partial charge on any atom is 0.276 e. The van der Waals surface area contributed by atoms with Crippen LogP contribution in [-0.2, 0) is 6.54 Å². The van der Waals surface area contributed by atoms with Crippen molar-refractivity contribution in [3.05, 3.63) is 69.5 Å². The van der Waals surface area contributed by atoms with Crippen molar-refractivity contribution in [2.24, 2.45) is 0 Å². The van der Waals surface area contributed by atoms with Crippen molar-refractivity contribution in [3.63, 3.8) is 0 Å². The van der Waals surface area contributed by atoms with Gasteiger partial charge in [-0.2, -0.15) is 0 Å². The number of nitro groups is 1. The van der Waals surface area contributed by atoms with Crippen molar-refractivity contribution < 1.29 is 19.2 Å². The van der Waals surface area contributed by atoms with E-state index in [4.69, 9.17) is 9.47 Å². The first kappa shape index (κ1) is 23.2. The highest BCUT2D eigenvalue weighted by Crippen LogP contribution is 2.28. The van der Waals surface area contributed by atoms with E-state index < -0.39 is 4.92 Å². The average molecular weight is 466 g/mol. The third-order valence-corrected chi connectivity index (χ3v) is 5.90. The van der Waals surface area contributed by atoms with Gasteiger partial charge in [-0.3, -0.25) is 19.8 Å². The van der Waals surface area contributed by atoms with E-state index in [-0.39, 0.29) is 17.3 Å². The van der Waals surface area contributed by atoms with Crippen molar-refractivity contribution in [3.8, 4) is 17.2 Å². The quantitative estimate of drug-likeness (QED) is 0.385. The molecule has 0 aliphatic carbocycles. The molecule has 1 aliphatic rings. The van der Waals surface area contributed by atoms with Gasteiger partial charge in [0.05, 0.1) is 30.5 Å². The van der Waals surface area contributed by atoms with Crippen LogP contribution in [0.15, 0.2) is 42.5 Å². The molecule has 1 aliphatic heterocycles. The van der Waals surface area contributed by atoms with E-state index in [0.29, 0.717) is 36.0 Å². The molecule has 34 heavy (non-hydrogen) atoms. The third-order valence-electron chi connectivity index (χ3n) is 5.90. The highest BCUT2D eigenvalue weighted by molar-refractivity contribution is 5.93. The maximum atomic E-state index is 13.1. The molecule has 0 unspecified atom stereocenters. The van der Waals surface area contributed by atoms with Gasteiger partial charge >= 0.3 is 0 Å².